The molecule has 3 aromatic carbocycles. The van der Waals surface area contributed by atoms with Crippen LogP contribution in [0.5, 0.6) is 0 Å². The fourth-order valence-electron chi connectivity index (χ4n) is 3.10. The van der Waals surface area contributed by atoms with Gasteiger partial charge in [0.05, 0.1) is 17.7 Å². The summed E-state index contributed by atoms with van der Waals surface area (Å²) < 4.78 is 18.8. The minimum Gasteiger partial charge on any atom is -0.462 e. The van der Waals surface area contributed by atoms with Gasteiger partial charge in [-0.3, -0.25) is 0 Å². The maximum Gasteiger partial charge on any atom is 0.338 e. The highest BCUT2D eigenvalue weighted by molar-refractivity contribution is 6.23. The van der Waals surface area contributed by atoms with Gasteiger partial charge in [-0.05, 0) is 42.6 Å². The predicted molar refractivity (Wildman–Crippen MR) is 89.2 cm³/mol. The Labute approximate surface area is 131 Å². The number of aromatic nitrogens is 1. The lowest BCUT2D eigenvalue weighted by atomic mass is 10.00. The molecule has 0 fully saturated rings. The van der Waals surface area contributed by atoms with Gasteiger partial charge in [-0.25, -0.2) is 9.18 Å². The fourth-order valence-corrected chi connectivity index (χ4v) is 3.10. The van der Waals surface area contributed by atoms with Crippen molar-refractivity contribution in [2.24, 2.45) is 0 Å². The molecule has 0 unspecified atom stereocenters. The summed E-state index contributed by atoms with van der Waals surface area (Å²) >= 11 is 0. The molecule has 1 heterocycles. The van der Waals surface area contributed by atoms with Crippen LogP contribution in [0.1, 0.15) is 17.3 Å². The zero-order valence-corrected chi connectivity index (χ0v) is 12.5. The Bertz CT molecular complexity index is 1070. The molecular weight excluding hydrogens is 293 g/mol. The summed E-state index contributed by atoms with van der Waals surface area (Å²) in [5, 5.41) is 3.33. The molecule has 4 aromatic rings. The van der Waals surface area contributed by atoms with Gasteiger partial charge in [0.2, 0.25) is 0 Å². The van der Waals surface area contributed by atoms with E-state index in [4.69, 9.17) is 4.74 Å². The molecule has 0 aliphatic rings. The Morgan fingerprint density at radius 3 is 2.78 bits per heavy atom. The summed E-state index contributed by atoms with van der Waals surface area (Å²) in [5.74, 6) is -0.726. The molecule has 0 saturated heterocycles. The van der Waals surface area contributed by atoms with Crippen LogP contribution in [-0.4, -0.2) is 17.6 Å². The Balaban J connectivity index is 2.21. The standard InChI is InChI=1S/C19H14FNO2/c1-2-23-19(22)15-10-11-9-12(20)7-8-13(11)18-17(15)14-5-3-4-6-16(14)21-18/h3-10,21H,2H2,1H3. The van der Waals surface area contributed by atoms with E-state index in [0.29, 0.717) is 17.6 Å². The monoisotopic (exact) mass is 307 g/mol. The second-order valence-electron chi connectivity index (χ2n) is 5.43. The first-order valence-electron chi connectivity index (χ1n) is 7.49. The van der Waals surface area contributed by atoms with Gasteiger partial charge in [0.25, 0.3) is 0 Å². The largest absolute Gasteiger partial charge is 0.462 e. The van der Waals surface area contributed by atoms with Crippen LogP contribution in [0.15, 0.2) is 48.5 Å². The molecule has 4 heteroatoms. The van der Waals surface area contributed by atoms with Crippen LogP contribution in [-0.2, 0) is 4.74 Å². The number of hydrogen-bond donors (Lipinski definition) is 1. The first-order chi connectivity index (χ1) is 11.2. The second kappa shape index (κ2) is 5.09. The van der Waals surface area contributed by atoms with Crippen LogP contribution in [0.4, 0.5) is 4.39 Å². The minimum atomic E-state index is -0.395. The van der Waals surface area contributed by atoms with Crippen molar-refractivity contribution in [3.05, 3.63) is 59.9 Å². The second-order valence-corrected chi connectivity index (χ2v) is 5.43. The van der Waals surface area contributed by atoms with Crippen molar-refractivity contribution in [2.75, 3.05) is 6.61 Å². The number of H-pyrrole nitrogens is 1. The van der Waals surface area contributed by atoms with Crippen LogP contribution in [0.2, 0.25) is 0 Å². The molecular formula is C19H14FNO2. The van der Waals surface area contributed by atoms with E-state index < -0.39 is 5.97 Å². The van der Waals surface area contributed by atoms with Gasteiger partial charge in [-0.15, -0.1) is 0 Å². The van der Waals surface area contributed by atoms with Crippen molar-refractivity contribution >= 4 is 38.5 Å². The van der Waals surface area contributed by atoms with E-state index in [1.165, 1.54) is 12.1 Å². The van der Waals surface area contributed by atoms with Gasteiger partial charge in [0.1, 0.15) is 5.82 Å². The number of benzene rings is 3. The number of esters is 1. The predicted octanol–water partition coefficient (Wildman–Crippen LogP) is 4.79. The molecule has 0 aliphatic heterocycles. The van der Waals surface area contributed by atoms with Gasteiger partial charge in [0.15, 0.2) is 0 Å². The molecule has 23 heavy (non-hydrogen) atoms. The lowest BCUT2D eigenvalue weighted by Crippen LogP contribution is -2.05. The molecule has 1 aromatic heterocycles. The van der Waals surface area contributed by atoms with Crippen LogP contribution in [0.3, 0.4) is 0 Å². The van der Waals surface area contributed by atoms with Crippen molar-refractivity contribution in [2.45, 2.75) is 6.92 Å². The molecule has 0 aliphatic carbocycles. The van der Waals surface area contributed by atoms with Crippen molar-refractivity contribution in [1.82, 2.24) is 4.98 Å². The number of carbonyl (C=O) groups excluding carboxylic acids is 1. The smallest absolute Gasteiger partial charge is 0.338 e. The number of hydrogen-bond acceptors (Lipinski definition) is 2. The zero-order chi connectivity index (χ0) is 16.0. The van der Waals surface area contributed by atoms with Gasteiger partial charge in [-0.1, -0.05) is 18.2 Å². The summed E-state index contributed by atoms with van der Waals surface area (Å²) in [6.07, 6.45) is 0. The average molecular weight is 307 g/mol. The van der Waals surface area contributed by atoms with Crippen molar-refractivity contribution in [3.63, 3.8) is 0 Å². The number of carbonyl (C=O) groups is 1. The molecule has 0 saturated carbocycles. The Morgan fingerprint density at radius 1 is 1.13 bits per heavy atom. The summed E-state index contributed by atoms with van der Waals surface area (Å²) in [6.45, 7) is 2.06. The van der Waals surface area contributed by atoms with E-state index in [1.807, 2.05) is 24.3 Å². The van der Waals surface area contributed by atoms with E-state index >= 15 is 0 Å². The summed E-state index contributed by atoms with van der Waals surface area (Å²) in [4.78, 5) is 15.7. The number of rotatable bonds is 2. The molecule has 0 atom stereocenters. The number of fused-ring (bicyclic) bond motifs is 5. The Morgan fingerprint density at radius 2 is 1.96 bits per heavy atom. The van der Waals surface area contributed by atoms with Crippen molar-refractivity contribution < 1.29 is 13.9 Å². The van der Waals surface area contributed by atoms with E-state index in [1.54, 1.807) is 19.1 Å². The molecule has 4 rings (SSSR count). The highest BCUT2D eigenvalue weighted by atomic mass is 19.1. The van der Waals surface area contributed by atoms with Crippen LogP contribution < -0.4 is 0 Å². The fraction of sp³-hybridized carbons (Fsp3) is 0.105. The highest BCUT2D eigenvalue weighted by Gasteiger charge is 2.18. The SMILES string of the molecule is CCOC(=O)c1cc2cc(F)ccc2c2[nH]c3ccccc3c12. The van der Waals surface area contributed by atoms with Crippen LogP contribution in [0, 0.1) is 5.82 Å². The average Bonchev–Trinajstić information content (AvgIpc) is 2.93. The molecule has 0 amide bonds. The van der Waals surface area contributed by atoms with Gasteiger partial charge in [-0.2, -0.15) is 0 Å². The summed E-state index contributed by atoms with van der Waals surface area (Å²) in [7, 11) is 0. The lowest BCUT2D eigenvalue weighted by molar-refractivity contribution is 0.0529. The summed E-state index contributed by atoms with van der Waals surface area (Å²) in [5.41, 5.74) is 2.22. The Kier molecular flexibility index (Phi) is 3.05. The molecule has 3 nitrogen and oxygen atoms in total. The molecule has 0 spiro atoms. The summed E-state index contributed by atoms with van der Waals surface area (Å²) in [6, 6.07) is 14.1. The molecule has 0 bridgehead atoms. The van der Waals surface area contributed by atoms with Gasteiger partial charge in [0, 0.05) is 21.7 Å². The number of halogens is 1. The maximum absolute atomic E-state index is 13.6. The first kappa shape index (κ1) is 13.8. The number of para-hydroxylation sites is 1. The third kappa shape index (κ3) is 2.06. The van der Waals surface area contributed by atoms with Gasteiger partial charge < -0.3 is 9.72 Å². The normalized spacial score (nSPS) is 11.4. The van der Waals surface area contributed by atoms with E-state index in [-0.39, 0.29) is 5.82 Å². The number of nitrogens with one attached hydrogen (secondary N) is 1. The van der Waals surface area contributed by atoms with E-state index in [2.05, 4.69) is 4.98 Å². The minimum absolute atomic E-state index is 0.296. The zero-order valence-electron chi connectivity index (χ0n) is 12.5. The third-order valence-electron chi connectivity index (χ3n) is 4.05. The first-order valence-corrected chi connectivity index (χ1v) is 7.49. The third-order valence-corrected chi connectivity index (χ3v) is 4.05. The topological polar surface area (TPSA) is 42.1 Å². The Hall–Kier alpha value is -2.88. The molecule has 1 N–H and O–H groups in total. The number of ether oxygens (including phenoxy) is 1. The van der Waals surface area contributed by atoms with Crippen molar-refractivity contribution in [3.8, 4) is 0 Å². The van der Waals surface area contributed by atoms with E-state index in [0.717, 1.165) is 27.2 Å². The van der Waals surface area contributed by atoms with E-state index in [9.17, 15) is 9.18 Å². The van der Waals surface area contributed by atoms with Crippen LogP contribution >= 0.6 is 0 Å². The quantitative estimate of drug-likeness (QED) is 0.541. The lowest BCUT2D eigenvalue weighted by Gasteiger charge is -2.07. The van der Waals surface area contributed by atoms with Crippen molar-refractivity contribution in [1.29, 1.82) is 0 Å². The highest BCUT2D eigenvalue weighted by Crippen LogP contribution is 2.34. The molecule has 114 valence electrons. The number of aromatic amines is 1. The molecule has 0 radical (unpaired) electrons. The maximum atomic E-state index is 13.6. The van der Waals surface area contributed by atoms with Crippen LogP contribution in [0.25, 0.3) is 32.6 Å². The van der Waals surface area contributed by atoms with Gasteiger partial charge >= 0.3 is 5.97 Å².